The predicted molar refractivity (Wildman–Crippen MR) is 57.3 cm³/mol. The summed E-state index contributed by atoms with van der Waals surface area (Å²) in [6.45, 7) is 0.313. The molecule has 0 radical (unpaired) electrons. The minimum Gasteiger partial charge on any atom is -0.478 e. The molecule has 0 aliphatic carbocycles. The fraction of sp³-hybridized carbons (Fsp3) is 0.273. The smallest absolute Gasteiger partial charge is 0.409 e. The largest absolute Gasteiger partial charge is 0.478 e. The first kappa shape index (κ1) is 12.0. The summed E-state index contributed by atoms with van der Waals surface area (Å²) in [5, 5.41) is 8.79. The first-order valence-corrected chi connectivity index (χ1v) is 4.66. The number of carbonyl (C=O) groups excluding carboxylic acids is 1. The second kappa shape index (κ2) is 5.16. The molecule has 0 bridgehead atoms. The molecule has 0 fully saturated rings. The van der Waals surface area contributed by atoms with Crippen molar-refractivity contribution in [3.63, 3.8) is 0 Å². The number of methoxy groups -OCH3 is 1. The molecule has 1 rings (SSSR count). The van der Waals surface area contributed by atoms with Crippen LogP contribution in [-0.4, -0.2) is 36.2 Å². The molecule has 0 unspecified atom stereocenters. The Bertz CT molecular complexity index is 403. The van der Waals surface area contributed by atoms with Crippen molar-refractivity contribution in [2.45, 2.75) is 6.54 Å². The quantitative estimate of drug-likeness (QED) is 0.844. The van der Waals surface area contributed by atoms with Crippen LogP contribution in [0, 0.1) is 0 Å². The molecule has 0 saturated heterocycles. The molecule has 5 heteroatoms. The van der Waals surface area contributed by atoms with Crippen molar-refractivity contribution >= 4 is 12.1 Å². The summed E-state index contributed by atoms with van der Waals surface area (Å²) in [5.41, 5.74) is 0.948. The maximum atomic E-state index is 11.1. The number of carboxylic acid groups (broad SMARTS) is 1. The average molecular weight is 223 g/mol. The minimum atomic E-state index is -0.984. The van der Waals surface area contributed by atoms with Gasteiger partial charge in [0.15, 0.2) is 0 Å². The van der Waals surface area contributed by atoms with E-state index in [9.17, 15) is 9.59 Å². The first-order chi connectivity index (χ1) is 7.54. The van der Waals surface area contributed by atoms with Gasteiger partial charge < -0.3 is 14.7 Å². The van der Waals surface area contributed by atoms with E-state index in [0.29, 0.717) is 6.54 Å². The Balaban J connectivity index is 2.78. The molecule has 0 aliphatic rings. The lowest BCUT2D eigenvalue weighted by Gasteiger charge is -2.15. The fourth-order valence-corrected chi connectivity index (χ4v) is 1.30. The van der Waals surface area contributed by atoms with Gasteiger partial charge in [0.2, 0.25) is 0 Å². The van der Waals surface area contributed by atoms with E-state index in [-0.39, 0.29) is 5.56 Å². The maximum Gasteiger partial charge on any atom is 0.409 e. The molecule has 0 aliphatic heterocycles. The summed E-state index contributed by atoms with van der Waals surface area (Å²) in [4.78, 5) is 23.2. The zero-order valence-electron chi connectivity index (χ0n) is 9.14. The van der Waals surface area contributed by atoms with E-state index < -0.39 is 12.1 Å². The second-order valence-electron chi connectivity index (χ2n) is 3.33. The van der Waals surface area contributed by atoms with Gasteiger partial charge in [0.05, 0.1) is 12.7 Å². The summed E-state index contributed by atoms with van der Waals surface area (Å²) in [6.07, 6.45) is -0.458. The number of benzene rings is 1. The Morgan fingerprint density at radius 2 is 2.12 bits per heavy atom. The molecule has 0 saturated carbocycles. The van der Waals surface area contributed by atoms with E-state index in [2.05, 4.69) is 4.74 Å². The standard InChI is InChI=1S/C11H13NO4/c1-12(11(15)16-2)7-8-4-3-5-9(6-8)10(13)14/h3-6H,7H2,1-2H3,(H,13,14). The average Bonchev–Trinajstić information content (AvgIpc) is 2.28. The first-order valence-electron chi connectivity index (χ1n) is 4.66. The minimum absolute atomic E-state index is 0.204. The second-order valence-corrected chi connectivity index (χ2v) is 3.33. The lowest BCUT2D eigenvalue weighted by Crippen LogP contribution is -2.25. The topological polar surface area (TPSA) is 66.8 Å². The predicted octanol–water partition coefficient (Wildman–Crippen LogP) is 1.58. The fourth-order valence-electron chi connectivity index (χ4n) is 1.30. The molecule has 1 amide bonds. The summed E-state index contributed by atoms with van der Waals surface area (Å²) in [7, 11) is 2.88. The van der Waals surface area contributed by atoms with E-state index in [1.165, 1.54) is 24.1 Å². The SMILES string of the molecule is COC(=O)N(C)Cc1cccc(C(=O)O)c1. The summed E-state index contributed by atoms with van der Waals surface area (Å²) in [5.74, 6) is -0.984. The molecule has 16 heavy (non-hydrogen) atoms. The van der Waals surface area contributed by atoms with E-state index in [1.54, 1.807) is 19.2 Å². The van der Waals surface area contributed by atoms with Crippen LogP contribution in [0.25, 0.3) is 0 Å². The van der Waals surface area contributed by atoms with Crippen LogP contribution in [0.15, 0.2) is 24.3 Å². The van der Waals surface area contributed by atoms with Crippen molar-refractivity contribution in [2.75, 3.05) is 14.2 Å². The van der Waals surface area contributed by atoms with Gasteiger partial charge in [0.1, 0.15) is 0 Å². The zero-order chi connectivity index (χ0) is 12.1. The molecule has 0 heterocycles. The van der Waals surface area contributed by atoms with E-state index >= 15 is 0 Å². The number of carbonyl (C=O) groups is 2. The third-order valence-electron chi connectivity index (χ3n) is 2.08. The van der Waals surface area contributed by atoms with Crippen LogP contribution in [0.5, 0.6) is 0 Å². The van der Waals surface area contributed by atoms with Gasteiger partial charge in [-0.25, -0.2) is 9.59 Å². The van der Waals surface area contributed by atoms with E-state index in [1.807, 2.05) is 0 Å². The zero-order valence-corrected chi connectivity index (χ0v) is 9.14. The van der Waals surface area contributed by atoms with Crippen LogP contribution in [0.1, 0.15) is 15.9 Å². The highest BCUT2D eigenvalue weighted by atomic mass is 16.5. The Labute approximate surface area is 93.2 Å². The highest BCUT2D eigenvalue weighted by Gasteiger charge is 2.09. The Morgan fingerprint density at radius 3 is 2.69 bits per heavy atom. The van der Waals surface area contributed by atoms with Gasteiger partial charge in [0.25, 0.3) is 0 Å². The summed E-state index contributed by atoms with van der Waals surface area (Å²) >= 11 is 0. The van der Waals surface area contributed by atoms with Crippen molar-refractivity contribution in [1.82, 2.24) is 4.90 Å². The van der Waals surface area contributed by atoms with Crippen LogP contribution in [0.4, 0.5) is 4.79 Å². The molecule has 1 aromatic rings. The number of rotatable bonds is 3. The summed E-state index contributed by atoms with van der Waals surface area (Å²) < 4.78 is 4.53. The summed E-state index contributed by atoms with van der Waals surface area (Å²) in [6, 6.07) is 6.43. The van der Waals surface area contributed by atoms with Gasteiger partial charge in [-0.15, -0.1) is 0 Å². The van der Waals surface area contributed by atoms with Gasteiger partial charge in [-0.2, -0.15) is 0 Å². The molecule has 1 aromatic carbocycles. The number of amides is 1. The van der Waals surface area contributed by atoms with Crippen molar-refractivity contribution < 1.29 is 19.4 Å². The maximum absolute atomic E-state index is 11.1. The van der Waals surface area contributed by atoms with Gasteiger partial charge in [-0.3, -0.25) is 0 Å². The number of aromatic carboxylic acids is 1. The van der Waals surface area contributed by atoms with E-state index in [0.717, 1.165) is 5.56 Å². The monoisotopic (exact) mass is 223 g/mol. The Morgan fingerprint density at radius 1 is 1.44 bits per heavy atom. The number of carboxylic acids is 1. The lowest BCUT2D eigenvalue weighted by molar-refractivity contribution is 0.0696. The third kappa shape index (κ3) is 2.98. The van der Waals surface area contributed by atoms with Gasteiger partial charge in [0, 0.05) is 13.6 Å². The normalized spacial score (nSPS) is 9.62. The highest BCUT2D eigenvalue weighted by Crippen LogP contribution is 2.08. The molecule has 0 aromatic heterocycles. The van der Waals surface area contributed by atoms with Crippen LogP contribution >= 0.6 is 0 Å². The number of ether oxygens (including phenoxy) is 1. The molecular formula is C11H13NO4. The van der Waals surface area contributed by atoms with Gasteiger partial charge in [-0.1, -0.05) is 12.1 Å². The Hall–Kier alpha value is -2.04. The van der Waals surface area contributed by atoms with Crippen molar-refractivity contribution in [3.05, 3.63) is 35.4 Å². The molecule has 86 valence electrons. The molecule has 0 spiro atoms. The molecule has 0 atom stereocenters. The number of hydrogen-bond donors (Lipinski definition) is 1. The van der Waals surface area contributed by atoms with Crippen LogP contribution in [0.2, 0.25) is 0 Å². The van der Waals surface area contributed by atoms with E-state index in [4.69, 9.17) is 5.11 Å². The number of nitrogens with zero attached hydrogens (tertiary/aromatic N) is 1. The Kier molecular flexibility index (Phi) is 3.88. The molecular weight excluding hydrogens is 210 g/mol. The molecule has 5 nitrogen and oxygen atoms in total. The van der Waals surface area contributed by atoms with Gasteiger partial charge >= 0.3 is 12.1 Å². The third-order valence-corrected chi connectivity index (χ3v) is 2.08. The molecule has 1 N–H and O–H groups in total. The highest BCUT2D eigenvalue weighted by molar-refractivity contribution is 5.87. The van der Waals surface area contributed by atoms with Crippen LogP contribution in [-0.2, 0) is 11.3 Å². The van der Waals surface area contributed by atoms with Crippen molar-refractivity contribution in [1.29, 1.82) is 0 Å². The van der Waals surface area contributed by atoms with Crippen LogP contribution in [0.3, 0.4) is 0 Å². The lowest BCUT2D eigenvalue weighted by atomic mass is 10.1. The van der Waals surface area contributed by atoms with Crippen molar-refractivity contribution in [3.8, 4) is 0 Å². The van der Waals surface area contributed by atoms with Crippen LogP contribution < -0.4 is 0 Å². The number of hydrogen-bond acceptors (Lipinski definition) is 3. The van der Waals surface area contributed by atoms with Gasteiger partial charge in [-0.05, 0) is 17.7 Å². The van der Waals surface area contributed by atoms with Crippen molar-refractivity contribution in [2.24, 2.45) is 0 Å².